The highest BCUT2D eigenvalue weighted by atomic mass is 35.5. The molecule has 0 fully saturated rings. The molecule has 0 aliphatic rings. The summed E-state index contributed by atoms with van der Waals surface area (Å²) in [5.74, 6) is -0.330. The number of alkyl halides is 2. The second kappa shape index (κ2) is 6.21. The van der Waals surface area contributed by atoms with Gasteiger partial charge in [-0.25, -0.2) is 0 Å². The Morgan fingerprint density at radius 2 is 2.00 bits per heavy atom. The van der Waals surface area contributed by atoms with Crippen molar-refractivity contribution in [3.8, 4) is 0 Å². The van der Waals surface area contributed by atoms with Crippen LogP contribution in [-0.4, -0.2) is 28.1 Å². The van der Waals surface area contributed by atoms with Gasteiger partial charge in [0.1, 0.15) is 5.56 Å². The molecule has 0 radical (unpaired) electrons. The molecule has 5 nitrogen and oxygen atoms in total. The molecule has 0 heterocycles. The van der Waals surface area contributed by atoms with Crippen molar-refractivity contribution < 1.29 is 9.72 Å². The second-order valence-corrected chi connectivity index (χ2v) is 5.09. The number of carbonyl (C=O) groups excluding carboxylic acids is 1. The average Bonchev–Trinajstić information content (AvgIpc) is 2.38. The molecule has 0 bridgehead atoms. The Hall–Kier alpha value is -1.33. The van der Waals surface area contributed by atoms with Gasteiger partial charge in [-0.1, -0.05) is 6.07 Å². The first-order valence-corrected chi connectivity index (χ1v) is 6.59. The van der Waals surface area contributed by atoms with Crippen molar-refractivity contribution in [2.45, 2.75) is 19.4 Å². The lowest BCUT2D eigenvalue weighted by Gasteiger charge is -2.25. The number of nitro groups is 1. The van der Waals surface area contributed by atoms with Crippen LogP contribution < -0.4 is 5.32 Å². The van der Waals surface area contributed by atoms with Gasteiger partial charge in [0, 0.05) is 17.8 Å². The first-order chi connectivity index (χ1) is 8.83. The van der Waals surface area contributed by atoms with E-state index >= 15 is 0 Å². The van der Waals surface area contributed by atoms with Crippen molar-refractivity contribution in [2.24, 2.45) is 0 Å². The summed E-state index contributed by atoms with van der Waals surface area (Å²) in [5.41, 5.74) is -0.284. The lowest BCUT2D eigenvalue weighted by Crippen LogP contribution is -2.49. The van der Waals surface area contributed by atoms with Gasteiger partial charge in [-0.3, -0.25) is 14.9 Å². The third-order valence-corrected chi connectivity index (χ3v) is 3.78. The van der Waals surface area contributed by atoms with Crippen LogP contribution in [0.4, 0.5) is 5.69 Å². The summed E-state index contributed by atoms with van der Waals surface area (Å²) < 4.78 is 0. The van der Waals surface area contributed by atoms with Crippen LogP contribution in [0, 0.1) is 17.0 Å². The van der Waals surface area contributed by atoms with E-state index in [1.807, 2.05) is 0 Å². The van der Waals surface area contributed by atoms with E-state index in [4.69, 9.17) is 23.2 Å². The fourth-order valence-corrected chi connectivity index (χ4v) is 1.85. The van der Waals surface area contributed by atoms with Gasteiger partial charge >= 0.3 is 0 Å². The molecule has 0 unspecified atom stereocenters. The molecule has 7 heteroatoms. The molecule has 0 aromatic heterocycles. The first-order valence-electron chi connectivity index (χ1n) is 5.52. The monoisotopic (exact) mass is 304 g/mol. The molecule has 1 N–H and O–H groups in total. The molecular formula is C12H14Cl2N2O3. The zero-order chi connectivity index (χ0) is 14.6. The van der Waals surface area contributed by atoms with Crippen molar-refractivity contribution in [1.29, 1.82) is 0 Å². The third-order valence-electron chi connectivity index (χ3n) is 2.60. The van der Waals surface area contributed by atoms with Crippen LogP contribution in [0.1, 0.15) is 22.8 Å². The number of nitrogens with zero attached hydrogens (tertiary/aromatic N) is 1. The SMILES string of the molecule is Cc1ccc([N+](=O)[O-])c(C(=O)NC(C)(CCl)CCl)c1. The number of nitrogens with one attached hydrogen (secondary N) is 1. The minimum Gasteiger partial charge on any atom is -0.344 e. The molecule has 0 spiro atoms. The van der Waals surface area contributed by atoms with E-state index in [9.17, 15) is 14.9 Å². The highest BCUT2D eigenvalue weighted by Crippen LogP contribution is 2.21. The van der Waals surface area contributed by atoms with Gasteiger partial charge in [0.25, 0.3) is 11.6 Å². The van der Waals surface area contributed by atoms with Crippen LogP contribution in [0.3, 0.4) is 0 Å². The Bertz CT molecular complexity index is 502. The maximum absolute atomic E-state index is 12.1. The zero-order valence-electron chi connectivity index (χ0n) is 10.6. The summed E-state index contributed by atoms with van der Waals surface area (Å²) in [7, 11) is 0. The summed E-state index contributed by atoms with van der Waals surface area (Å²) >= 11 is 11.5. The predicted octanol–water partition coefficient (Wildman–Crippen LogP) is 2.87. The van der Waals surface area contributed by atoms with Gasteiger partial charge in [-0.2, -0.15) is 0 Å². The Balaban J connectivity index is 3.12. The number of amides is 1. The Morgan fingerprint density at radius 3 is 2.47 bits per heavy atom. The van der Waals surface area contributed by atoms with Gasteiger partial charge in [0.2, 0.25) is 0 Å². The number of carbonyl (C=O) groups is 1. The number of hydrogen-bond donors (Lipinski definition) is 1. The fourth-order valence-electron chi connectivity index (χ4n) is 1.43. The van der Waals surface area contributed by atoms with E-state index < -0.39 is 16.4 Å². The number of hydrogen-bond acceptors (Lipinski definition) is 3. The Morgan fingerprint density at radius 1 is 1.42 bits per heavy atom. The Labute approximate surface area is 121 Å². The largest absolute Gasteiger partial charge is 0.344 e. The van der Waals surface area contributed by atoms with Crippen LogP contribution in [0.15, 0.2) is 18.2 Å². The van der Waals surface area contributed by atoms with Crippen molar-refractivity contribution >= 4 is 34.8 Å². The number of halogens is 2. The van der Waals surface area contributed by atoms with Gasteiger partial charge in [-0.15, -0.1) is 23.2 Å². The third kappa shape index (κ3) is 3.81. The molecule has 0 saturated carbocycles. The molecule has 19 heavy (non-hydrogen) atoms. The maximum atomic E-state index is 12.1. The summed E-state index contributed by atoms with van der Waals surface area (Å²) in [6.07, 6.45) is 0. The van der Waals surface area contributed by atoms with E-state index in [1.165, 1.54) is 12.1 Å². The number of benzene rings is 1. The zero-order valence-corrected chi connectivity index (χ0v) is 12.1. The van der Waals surface area contributed by atoms with Crippen LogP contribution in [0.25, 0.3) is 0 Å². The van der Waals surface area contributed by atoms with E-state index in [2.05, 4.69) is 5.32 Å². The number of nitro benzene ring substituents is 1. The lowest BCUT2D eigenvalue weighted by atomic mass is 10.0. The first kappa shape index (κ1) is 15.7. The molecule has 1 amide bonds. The molecule has 0 aliphatic carbocycles. The van der Waals surface area contributed by atoms with Crippen molar-refractivity contribution in [2.75, 3.05) is 11.8 Å². The summed E-state index contributed by atoms with van der Waals surface area (Å²) in [4.78, 5) is 22.4. The van der Waals surface area contributed by atoms with Crippen molar-refractivity contribution in [3.63, 3.8) is 0 Å². The number of rotatable bonds is 5. The molecule has 1 rings (SSSR count). The van der Waals surface area contributed by atoms with Crippen LogP contribution >= 0.6 is 23.2 Å². The minimum atomic E-state index is -0.808. The quantitative estimate of drug-likeness (QED) is 0.516. The Kier molecular flexibility index (Phi) is 5.14. The molecule has 104 valence electrons. The van der Waals surface area contributed by atoms with E-state index in [0.717, 1.165) is 5.56 Å². The highest BCUT2D eigenvalue weighted by molar-refractivity contribution is 6.22. The summed E-state index contributed by atoms with van der Waals surface area (Å²) in [6, 6.07) is 4.36. The van der Waals surface area contributed by atoms with Crippen LogP contribution in [0.5, 0.6) is 0 Å². The maximum Gasteiger partial charge on any atom is 0.282 e. The van der Waals surface area contributed by atoms with E-state index in [0.29, 0.717) is 0 Å². The lowest BCUT2D eigenvalue weighted by molar-refractivity contribution is -0.385. The second-order valence-electron chi connectivity index (χ2n) is 4.56. The van der Waals surface area contributed by atoms with Crippen LogP contribution in [0.2, 0.25) is 0 Å². The minimum absolute atomic E-state index is 0.00598. The standard InChI is InChI=1S/C12H14Cl2N2O3/c1-8-3-4-10(16(18)19)9(5-8)11(17)15-12(2,6-13)7-14/h3-5H,6-7H2,1-2H3,(H,15,17). The molecule has 0 saturated heterocycles. The van der Waals surface area contributed by atoms with Crippen LogP contribution in [-0.2, 0) is 0 Å². The van der Waals surface area contributed by atoms with Gasteiger partial charge in [-0.05, 0) is 25.5 Å². The topological polar surface area (TPSA) is 72.2 Å². The van der Waals surface area contributed by atoms with Crippen molar-refractivity contribution in [3.05, 3.63) is 39.4 Å². The van der Waals surface area contributed by atoms with Gasteiger partial charge < -0.3 is 5.32 Å². The summed E-state index contributed by atoms with van der Waals surface area (Å²) in [6.45, 7) is 3.43. The van der Waals surface area contributed by atoms with Gasteiger partial charge in [0.15, 0.2) is 0 Å². The smallest absolute Gasteiger partial charge is 0.282 e. The van der Waals surface area contributed by atoms with E-state index in [-0.39, 0.29) is 23.0 Å². The highest BCUT2D eigenvalue weighted by Gasteiger charge is 2.28. The molecular weight excluding hydrogens is 291 g/mol. The number of aryl methyl sites for hydroxylation is 1. The molecule has 0 aliphatic heterocycles. The average molecular weight is 305 g/mol. The normalized spacial score (nSPS) is 11.2. The van der Waals surface area contributed by atoms with Crippen molar-refractivity contribution in [1.82, 2.24) is 5.32 Å². The van der Waals surface area contributed by atoms with E-state index in [1.54, 1.807) is 19.9 Å². The molecule has 1 aromatic rings. The molecule has 1 aromatic carbocycles. The fraction of sp³-hybridized carbons (Fsp3) is 0.417. The predicted molar refractivity (Wildman–Crippen MR) is 75.1 cm³/mol. The van der Waals surface area contributed by atoms with Gasteiger partial charge in [0.05, 0.1) is 10.5 Å². The molecule has 0 atom stereocenters. The summed E-state index contributed by atoms with van der Waals surface area (Å²) in [5, 5.41) is 13.5.